The molecule has 126 valence electrons. The molecule has 1 saturated heterocycles. The molecule has 6 nitrogen and oxygen atoms in total. The van der Waals surface area contributed by atoms with Gasteiger partial charge >= 0.3 is 0 Å². The minimum absolute atomic E-state index is 0.0453. The molecular formula is C18H22N4O2. The number of hydrogen-bond donors (Lipinski definition) is 0. The lowest BCUT2D eigenvalue weighted by Crippen LogP contribution is -2.31. The van der Waals surface area contributed by atoms with Crippen LogP contribution in [0.25, 0.3) is 5.69 Å². The molecule has 0 saturated carbocycles. The van der Waals surface area contributed by atoms with Crippen LogP contribution in [0.15, 0.2) is 36.5 Å². The van der Waals surface area contributed by atoms with Crippen LogP contribution in [0.2, 0.25) is 0 Å². The Bertz CT molecular complexity index is 774. The molecule has 0 N–H and O–H groups in total. The summed E-state index contributed by atoms with van der Waals surface area (Å²) in [4.78, 5) is 27.8. The predicted molar refractivity (Wildman–Crippen MR) is 90.9 cm³/mol. The van der Waals surface area contributed by atoms with Crippen molar-refractivity contribution in [2.75, 3.05) is 20.3 Å². The highest BCUT2D eigenvalue weighted by Crippen LogP contribution is 2.27. The van der Waals surface area contributed by atoms with Crippen molar-refractivity contribution in [3.63, 3.8) is 0 Å². The van der Waals surface area contributed by atoms with Crippen molar-refractivity contribution in [1.29, 1.82) is 0 Å². The highest BCUT2D eigenvalue weighted by Gasteiger charge is 2.33. The lowest BCUT2D eigenvalue weighted by molar-refractivity contribution is -0.125. The van der Waals surface area contributed by atoms with Crippen molar-refractivity contribution in [3.05, 3.63) is 47.8 Å². The molecule has 3 rings (SSSR count). The molecule has 2 aromatic rings. The zero-order valence-electron chi connectivity index (χ0n) is 14.5. The van der Waals surface area contributed by atoms with Gasteiger partial charge in [-0.15, -0.1) is 0 Å². The summed E-state index contributed by atoms with van der Waals surface area (Å²) in [5.74, 6) is -0.198. The van der Waals surface area contributed by atoms with Crippen LogP contribution in [-0.2, 0) is 10.2 Å². The van der Waals surface area contributed by atoms with Crippen molar-refractivity contribution in [1.82, 2.24) is 19.6 Å². The first-order chi connectivity index (χ1) is 11.3. The molecule has 1 fully saturated rings. The molecule has 0 atom stereocenters. The maximum atomic E-state index is 12.9. The van der Waals surface area contributed by atoms with Crippen molar-refractivity contribution < 1.29 is 9.59 Å². The fraction of sp³-hybridized carbons (Fsp3) is 0.389. The average Bonchev–Trinajstić information content (AvgIpc) is 3.12. The second-order valence-corrected chi connectivity index (χ2v) is 7.16. The minimum Gasteiger partial charge on any atom is -0.326 e. The van der Waals surface area contributed by atoms with Crippen LogP contribution in [0.1, 0.15) is 36.8 Å². The van der Waals surface area contributed by atoms with Crippen LogP contribution in [0.4, 0.5) is 0 Å². The second kappa shape index (κ2) is 5.78. The minimum atomic E-state index is -0.277. The van der Waals surface area contributed by atoms with Crippen molar-refractivity contribution >= 4 is 11.8 Å². The summed E-state index contributed by atoms with van der Waals surface area (Å²) in [6.07, 6.45) is 1.76. The zero-order valence-corrected chi connectivity index (χ0v) is 14.5. The maximum Gasteiger partial charge on any atom is 0.259 e. The number of amides is 2. The Hall–Kier alpha value is -2.63. The molecule has 0 unspecified atom stereocenters. The summed E-state index contributed by atoms with van der Waals surface area (Å²) >= 11 is 0. The van der Waals surface area contributed by atoms with E-state index in [0.29, 0.717) is 12.2 Å². The first-order valence-corrected chi connectivity index (χ1v) is 7.96. The first kappa shape index (κ1) is 16.2. The number of nitrogens with zero attached hydrogens (tertiary/aromatic N) is 4. The molecule has 2 heterocycles. The molecule has 0 aliphatic carbocycles. The average molecular weight is 326 g/mol. The maximum absolute atomic E-state index is 12.9. The molecule has 1 aliphatic rings. The molecule has 1 aliphatic heterocycles. The molecule has 1 aromatic heterocycles. The van der Waals surface area contributed by atoms with Crippen molar-refractivity contribution in [2.24, 2.45) is 0 Å². The largest absolute Gasteiger partial charge is 0.326 e. The topological polar surface area (TPSA) is 58.4 Å². The lowest BCUT2D eigenvalue weighted by atomic mass is 9.89. The van der Waals surface area contributed by atoms with Gasteiger partial charge in [0.15, 0.2) is 0 Å². The summed E-state index contributed by atoms with van der Waals surface area (Å²) in [7, 11) is 1.70. The normalized spacial score (nSPS) is 15.2. The summed E-state index contributed by atoms with van der Waals surface area (Å²) in [6, 6.07) is 9.70. The van der Waals surface area contributed by atoms with E-state index in [1.165, 1.54) is 0 Å². The predicted octanol–water partition coefficient (Wildman–Crippen LogP) is 2.04. The second-order valence-electron chi connectivity index (χ2n) is 7.16. The number of rotatable bonds is 2. The third kappa shape index (κ3) is 2.91. The number of carbonyl (C=O) groups is 2. The number of carbonyl (C=O) groups excluding carboxylic acids is 2. The van der Waals surface area contributed by atoms with Crippen molar-refractivity contribution in [2.45, 2.75) is 26.2 Å². The van der Waals surface area contributed by atoms with Gasteiger partial charge in [-0.25, -0.2) is 4.68 Å². The van der Waals surface area contributed by atoms with E-state index in [4.69, 9.17) is 0 Å². The Balaban J connectivity index is 2.02. The van der Waals surface area contributed by atoms with Gasteiger partial charge in [-0.1, -0.05) is 39.0 Å². The van der Waals surface area contributed by atoms with E-state index in [2.05, 4.69) is 5.10 Å². The quantitative estimate of drug-likeness (QED) is 0.848. The van der Waals surface area contributed by atoms with E-state index >= 15 is 0 Å². The van der Waals surface area contributed by atoms with Gasteiger partial charge in [0.1, 0.15) is 6.54 Å². The van der Waals surface area contributed by atoms with E-state index in [0.717, 1.165) is 11.4 Å². The summed E-state index contributed by atoms with van der Waals surface area (Å²) < 4.78 is 1.73. The third-order valence-corrected chi connectivity index (χ3v) is 4.10. The van der Waals surface area contributed by atoms with Crippen molar-refractivity contribution in [3.8, 4) is 5.69 Å². The molecule has 24 heavy (non-hydrogen) atoms. The fourth-order valence-electron chi connectivity index (χ4n) is 2.77. The molecule has 2 amide bonds. The van der Waals surface area contributed by atoms with Gasteiger partial charge in [0, 0.05) is 18.7 Å². The molecular weight excluding hydrogens is 304 g/mol. The summed E-state index contributed by atoms with van der Waals surface area (Å²) in [5.41, 5.74) is 1.91. The van der Waals surface area contributed by atoms with E-state index in [9.17, 15) is 9.59 Å². The van der Waals surface area contributed by atoms with E-state index in [1.807, 2.05) is 51.1 Å². The van der Waals surface area contributed by atoms with Gasteiger partial charge in [-0.05, 0) is 12.1 Å². The SMILES string of the molecule is CN1CN(C(=O)c2cn(-c3ccccc3)nc2C(C)(C)C)CC1=O. The summed E-state index contributed by atoms with van der Waals surface area (Å²) in [5, 5.41) is 4.65. The number of benzene rings is 1. The fourth-order valence-corrected chi connectivity index (χ4v) is 2.77. The van der Waals surface area contributed by atoms with Crippen LogP contribution in [0.3, 0.4) is 0 Å². The third-order valence-electron chi connectivity index (χ3n) is 4.10. The highest BCUT2D eigenvalue weighted by molar-refractivity contribution is 5.99. The van der Waals surface area contributed by atoms with Crippen LogP contribution in [-0.4, -0.2) is 51.7 Å². The molecule has 6 heteroatoms. The lowest BCUT2D eigenvalue weighted by Gasteiger charge is -2.20. The standard InChI is InChI=1S/C18H22N4O2/c1-18(2,3)16-14(17(24)21-11-15(23)20(4)12-21)10-22(19-16)13-8-6-5-7-9-13/h5-10H,11-12H2,1-4H3. The van der Waals surface area contributed by atoms with E-state index in [-0.39, 0.29) is 23.8 Å². The Labute approximate surface area is 141 Å². The Kier molecular flexibility index (Phi) is 3.91. The van der Waals surface area contributed by atoms with Crippen LogP contribution in [0, 0.1) is 0 Å². The van der Waals surface area contributed by atoms with Gasteiger partial charge in [-0.3, -0.25) is 9.59 Å². The van der Waals surface area contributed by atoms with E-state index < -0.39 is 0 Å². The van der Waals surface area contributed by atoms with E-state index in [1.54, 1.807) is 27.7 Å². The Morgan fingerprint density at radius 1 is 1.17 bits per heavy atom. The highest BCUT2D eigenvalue weighted by atomic mass is 16.2. The van der Waals surface area contributed by atoms with Gasteiger partial charge in [0.25, 0.3) is 5.91 Å². The smallest absolute Gasteiger partial charge is 0.259 e. The molecule has 0 bridgehead atoms. The monoisotopic (exact) mass is 326 g/mol. The molecule has 0 radical (unpaired) electrons. The van der Waals surface area contributed by atoms with Gasteiger partial charge in [0.2, 0.25) is 5.91 Å². The first-order valence-electron chi connectivity index (χ1n) is 7.96. The number of hydrogen-bond acceptors (Lipinski definition) is 3. The Morgan fingerprint density at radius 3 is 2.38 bits per heavy atom. The number of para-hydroxylation sites is 1. The van der Waals surface area contributed by atoms with Gasteiger partial charge in [0.05, 0.1) is 23.6 Å². The van der Waals surface area contributed by atoms with Gasteiger partial charge < -0.3 is 9.80 Å². The van der Waals surface area contributed by atoms with Crippen LogP contribution < -0.4 is 0 Å². The van der Waals surface area contributed by atoms with Crippen LogP contribution >= 0.6 is 0 Å². The summed E-state index contributed by atoms with van der Waals surface area (Å²) in [6.45, 7) is 6.53. The van der Waals surface area contributed by atoms with Gasteiger partial charge in [-0.2, -0.15) is 5.10 Å². The van der Waals surface area contributed by atoms with Crippen LogP contribution in [0.5, 0.6) is 0 Å². The molecule has 1 aromatic carbocycles. The number of aromatic nitrogens is 2. The molecule has 0 spiro atoms. The zero-order chi connectivity index (χ0) is 17.5. The Morgan fingerprint density at radius 2 is 1.83 bits per heavy atom. The number of likely N-dealkylation sites (N-methyl/N-ethyl adjacent to an activating group) is 1.